The van der Waals surface area contributed by atoms with Gasteiger partial charge in [-0.15, -0.1) is 0 Å². The summed E-state index contributed by atoms with van der Waals surface area (Å²) in [5, 5.41) is 0. The Bertz CT molecular complexity index is 1170. The summed E-state index contributed by atoms with van der Waals surface area (Å²) in [6.07, 6.45) is 1.80. The van der Waals surface area contributed by atoms with E-state index in [1.54, 1.807) is 0 Å². The summed E-state index contributed by atoms with van der Waals surface area (Å²) in [7, 11) is 0. The first-order chi connectivity index (χ1) is 16.0. The first-order valence-corrected chi connectivity index (χ1v) is 9.85. The highest BCUT2D eigenvalue weighted by molar-refractivity contribution is 5.86. The molecule has 0 saturated carbocycles. The van der Waals surface area contributed by atoms with Gasteiger partial charge in [-0.3, -0.25) is 14.4 Å². The van der Waals surface area contributed by atoms with Crippen LogP contribution in [0.15, 0.2) is 72.8 Å². The maximum Gasteiger partial charge on any atom is 0.150 e. The summed E-state index contributed by atoms with van der Waals surface area (Å²) in [6, 6.07) is 16.7. The van der Waals surface area contributed by atoms with Crippen molar-refractivity contribution in [1.82, 2.24) is 0 Å². The summed E-state index contributed by atoms with van der Waals surface area (Å²) in [5.74, 6) is -3.34. The average molecular weight is 444 g/mol. The molecule has 162 valence electrons. The molecule has 0 heterocycles. The summed E-state index contributed by atoms with van der Waals surface area (Å²) in [4.78, 5) is 32.9. The zero-order valence-electron chi connectivity index (χ0n) is 17.0. The smallest absolute Gasteiger partial charge is 0.150 e. The van der Waals surface area contributed by atoms with E-state index in [1.807, 2.05) is 0 Å². The molecule has 3 nitrogen and oxygen atoms in total. The van der Waals surface area contributed by atoms with E-state index in [1.165, 1.54) is 72.8 Å². The zero-order chi connectivity index (χ0) is 23.5. The van der Waals surface area contributed by atoms with Gasteiger partial charge in [0.05, 0.1) is 16.7 Å². The van der Waals surface area contributed by atoms with Gasteiger partial charge >= 0.3 is 0 Å². The van der Waals surface area contributed by atoms with Crippen molar-refractivity contribution in [3.63, 3.8) is 0 Å². The van der Waals surface area contributed by atoms with Crippen LogP contribution in [0.3, 0.4) is 0 Å². The first-order valence-electron chi connectivity index (χ1n) is 9.85. The predicted molar refractivity (Wildman–Crippen MR) is 119 cm³/mol. The molecule has 0 aliphatic rings. The Kier molecular flexibility index (Phi) is 6.00. The van der Waals surface area contributed by atoms with E-state index in [9.17, 15) is 14.4 Å². The van der Waals surface area contributed by atoms with Crippen molar-refractivity contribution in [2.45, 2.75) is 0 Å². The van der Waals surface area contributed by atoms with E-state index in [0.29, 0.717) is 35.5 Å². The molecule has 4 rings (SSSR count). The molecule has 4 aromatic carbocycles. The van der Waals surface area contributed by atoms with Crippen molar-refractivity contribution in [3.8, 4) is 33.4 Å². The molecule has 0 amide bonds. The van der Waals surface area contributed by atoms with Crippen molar-refractivity contribution in [1.29, 1.82) is 0 Å². The van der Waals surface area contributed by atoms with Crippen LogP contribution in [0, 0.1) is 17.5 Å². The molecule has 0 spiro atoms. The van der Waals surface area contributed by atoms with Crippen LogP contribution >= 0.6 is 0 Å². The lowest BCUT2D eigenvalue weighted by Crippen LogP contribution is -2.03. The number of benzene rings is 4. The molecule has 0 bridgehead atoms. The molecule has 0 N–H and O–H groups in total. The average Bonchev–Trinajstić information content (AvgIpc) is 2.85. The maximum atomic E-state index is 15.7. The van der Waals surface area contributed by atoms with Crippen LogP contribution in [-0.2, 0) is 0 Å². The number of carbonyl (C=O) groups excluding carboxylic acids is 3. The molecule has 0 aromatic heterocycles. The lowest BCUT2D eigenvalue weighted by atomic mass is 9.90. The summed E-state index contributed by atoms with van der Waals surface area (Å²) >= 11 is 0. The maximum absolute atomic E-state index is 15.7. The number of carbonyl (C=O) groups is 3. The third-order valence-corrected chi connectivity index (χ3v) is 5.32. The van der Waals surface area contributed by atoms with E-state index in [0.717, 1.165) is 0 Å². The fraction of sp³-hybridized carbons (Fsp3) is 0. The van der Waals surface area contributed by atoms with Crippen molar-refractivity contribution < 1.29 is 27.6 Å². The fourth-order valence-electron chi connectivity index (χ4n) is 3.61. The normalized spacial score (nSPS) is 10.6. The van der Waals surface area contributed by atoms with E-state index in [2.05, 4.69) is 0 Å². The Balaban J connectivity index is 2.05. The van der Waals surface area contributed by atoms with E-state index in [-0.39, 0.29) is 16.7 Å². The summed E-state index contributed by atoms with van der Waals surface area (Å²) < 4.78 is 47.0. The van der Waals surface area contributed by atoms with Gasteiger partial charge in [0.15, 0.2) is 0 Å². The van der Waals surface area contributed by atoms with Gasteiger partial charge in [-0.1, -0.05) is 72.8 Å². The highest BCUT2D eigenvalue weighted by Gasteiger charge is 2.27. The molecule has 0 aliphatic heterocycles. The lowest BCUT2D eigenvalue weighted by Gasteiger charge is -2.17. The van der Waals surface area contributed by atoms with Gasteiger partial charge in [0.1, 0.15) is 36.3 Å². The van der Waals surface area contributed by atoms with Crippen LogP contribution in [-0.4, -0.2) is 18.9 Å². The van der Waals surface area contributed by atoms with Gasteiger partial charge in [-0.05, 0) is 16.7 Å². The van der Waals surface area contributed by atoms with Crippen LogP contribution in [0.1, 0.15) is 31.1 Å². The second kappa shape index (κ2) is 9.04. The van der Waals surface area contributed by atoms with Crippen molar-refractivity contribution in [2.75, 3.05) is 0 Å². The monoisotopic (exact) mass is 444 g/mol. The zero-order valence-corrected chi connectivity index (χ0v) is 17.0. The second-order valence-corrected chi connectivity index (χ2v) is 7.29. The van der Waals surface area contributed by atoms with Crippen LogP contribution in [0.5, 0.6) is 0 Å². The minimum atomic E-state index is -1.11. The SMILES string of the molecule is O=Cc1ccc(-c2c(F)c(-c3ccc(C=O)cc3)c(F)c(-c3ccc(C=O)cc3)c2F)cc1. The fourth-order valence-corrected chi connectivity index (χ4v) is 3.61. The minimum absolute atomic E-state index is 0.118. The van der Waals surface area contributed by atoms with Gasteiger partial charge in [0.25, 0.3) is 0 Å². The van der Waals surface area contributed by atoms with Gasteiger partial charge in [0, 0.05) is 16.7 Å². The number of hydrogen-bond acceptors (Lipinski definition) is 3. The number of halogens is 3. The van der Waals surface area contributed by atoms with Crippen molar-refractivity contribution in [2.24, 2.45) is 0 Å². The third-order valence-electron chi connectivity index (χ3n) is 5.32. The minimum Gasteiger partial charge on any atom is -0.298 e. The van der Waals surface area contributed by atoms with Gasteiger partial charge in [-0.2, -0.15) is 0 Å². The largest absolute Gasteiger partial charge is 0.298 e. The molecule has 0 fully saturated rings. The van der Waals surface area contributed by atoms with Crippen LogP contribution in [0.25, 0.3) is 33.4 Å². The van der Waals surface area contributed by atoms with E-state index >= 15 is 13.2 Å². The highest BCUT2D eigenvalue weighted by Crippen LogP contribution is 2.42. The Labute approximate surface area is 187 Å². The number of hydrogen-bond donors (Lipinski definition) is 0. The van der Waals surface area contributed by atoms with E-state index in [4.69, 9.17) is 0 Å². The lowest BCUT2D eigenvalue weighted by molar-refractivity contribution is 0.111. The van der Waals surface area contributed by atoms with Gasteiger partial charge < -0.3 is 0 Å². The molecule has 33 heavy (non-hydrogen) atoms. The van der Waals surface area contributed by atoms with Crippen LogP contribution in [0.4, 0.5) is 13.2 Å². The Morgan fingerprint density at radius 2 is 0.606 bits per heavy atom. The predicted octanol–water partition coefficient (Wildman–Crippen LogP) is 6.54. The highest BCUT2D eigenvalue weighted by atomic mass is 19.1. The van der Waals surface area contributed by atoms with Crippen molar-refractivity contribution in [3.05, 3.63) is 107 Å². The van der Waals surface area contributed by atoms with Gasteiger partial charge in [0.2, 0.25) is 0 Å². The Morgan fingerprint density at radius 1 is 0.394 bits per heavy atom. The number of aldehydes is 3. The third kappa shape index (κ3) is 3.99. The Morgan fingerprint density at radius 3 is 0.788 bits per heavy atom. The molecule has 0 saturated heterocycles. The standard InChI is InChI=1S/C27H15F3O3/c28-25-22(19-7-1-16(13-31)2-8-19)26(29)24(21-11-5-18(15-33)6-12-21)27(30)23(25)20-9-3-17(14-32)4-10-20/h1-15H. The first kappa shape index (κ1) is 21.9. The molecule has 0 radical (unpaired) electrons. The molecule has 0 atom stereocenters. The molecular formula is C27H15F3O3. The molecule has 6 heteroatoms. The summed E-state index contributed by atoms with van der Waals surface area (Å²) in [6.45, 7) is 0. The topological polar surface area (TPSA) is 51.2 Å². The molecule has 0 unspecified atom stereocenters. The molecule has 0 aliphatic carbocycles. The molecule has 4 aromatic rings. The quantitative estimate of drug-likeness (QED) is 0.317. The van der Waals surface area contributed by atoms with Crippen LogP contribution < -0.4 is 0 Å². The van der Waals surface area contributed by atoms with E-state index < -0.39 is 34.1 Å². The summed E-state index contributed by atoms with van der Waals surface area (Å²) in [5.41, 5.74) is -0.0808. The second-order valence-electron chi connectivity index (χ2n) is 7.29. The number of rotatable bonds is 6. The van der Waals surface area contributed by atoms with Gasteiger partial charge in [-0.25, -0.2) is 13.2 Å². The van der Waals surface area contributed by atoms with Crippen LogP contribution in [0.2, 0.25) is 0 Å². The molecular weight excluding hydrogens is 429 g/mol. The Hall–Kier alpha value is -4.32. The van der Waals surface area contributed by atoms with Crippen molar-refractivity contribution >= 4 is 18.9 Å².